The van der Waals surface area contributed by atoms with Crippen molar-refractivity contribution in [1.29, 1.82) is 0 Å². The highest BCUT2D eigenvalue weighted by Crippen LogP contribution is 2.17. The highest BCUT2D eigenvalue weighted by Gasteiger charge is 2.24. The number of hydrogen-bond donors (Lipinski definition) is 1. The average Bonchev–Trinajstić information content (AvgIpc) is 1.88. The smallest absolute Gasteiger partial charge is 0.149 e. The number of piperidine rings is 1. The van der Waals surface area contributed by atoms with Gasteiger partial charge in [-0.05, 0) is 18.9 Å². The van der Waals surface area contributed by atoms with Gasteiger partial charge in [-0.1, -0.05) is 13.8 Å². The highest BCUT2D eigenvalue weighted by molar-refractivity contribution is 5.83. The lowest BCUT2D eigenvalue weighted by molar-refractivity contribution is -0.124. The number of ketones is 1. The molecule has 0 saturated carbocycles. The first kappa shape index (κ1) is 7.73. The third kappa shape index (κ3) is 1.57. The Bertz CT molecular complexity index is 131. The second kappa shape index (κ2) is 3.15. The summed E-state index contributed by atoms with van der Waals surface area (Å²) in [6.45, 7) is 5.83. The second-order valence-electron chi connectivity index (χ2n) is 3.28. The maximum absolute atomic E-state index is 11.2. The molecule has 1 heterocycles. The van der Waals surface area contributed by atoms with Crippen LogP contribution in [0.4, 0.5) is 0 Å². The number of rotatable bonds is 1. The molecule has 0 bridgehead atoms. The molecular formula is C8H15NO. The molecule has 0 spiro atoms. The zero-order valence-corrected chi connectivity index (χ0v) is 6.68. The van der Waals surface area contributed by atoms with Crippen molar-refractivity contribution >= 4 is 5.78 Å². The summed E-state index contributed by atoms with van der Waals surface area (Å²) in [5.74, 6) is 1.23. The minimum atomic E-state index is 0.321. The summed E-state index contributed by atoms with van der Waals surface area (Å²) < 4.78 is 0. The SMILES string of the molecule is CC(C)C1CCNCC1=O. The monoisotopic (exact) mass is 141 g/mol. The van der Waals surface area contributed by atoms with Gasteiger partial charge in [-0.25, -0.2) is 0 Å². The zero-order chi connectivity index (χ0) is 7.56. The quantitative estimate of drug-likeness (QED) is 0.585. The summed E-state index contributed by atoms with van der Waals surface area (Å²) in [7, 11) is 0. The minimum Gasteiger partial charge on any atom is -0.310 e. The lowest BCUT2D eigenvalue weighted by Gasteiger charge is -2.24. The third-order valence-corrected chi connectivity index (χ3v) is 2.15. The van der Waals surface area contributed by atoms with E-state index < -0.39 is 0 Å². The van der Waals surface area contributed by atoms with Gasteiger partial charge in [-0.2, -0.15) is 0 Å². The van der Waals surface area contributed by atoms with Gasteiger partial charge in [-0.15, -0.1) is 0 Å². The Morgan fingerprint density at radius 1 is 1.60 bits per heavy atom. The van der Waals surface area contributed by atoms with Gasteiger partial charge < -0.3 is 5.32 Å². The van der Waals surface area contributed by atoms with Gasteiger partial charge in [0.25, 0.3) is 0 Å². The van der Waals surface area contributed by atoms with E-state index in [-0.39, 0.29) is 0 Å². The molecule has 1 rings (SSSR count). The Labute approximate surface area is 62.0 Å². The van der Waals surface area contributed by atoms with E-state index in [0.29, 0.717) is 24.2 Å². The summed E-state index contributed by atoms with van der Waals surface area (Å²) in [6, 6.07) is 0. The van der Waals surface area contributed by atoms with Gasteiger partial charge in [0.15, 0.2) is 0 Å². The van der Waals surface area contributed by atoms with Crippen LogP contribution >= 0.6 is 0 Å². The molecule has 0 aromatic rings. The van der Waals surface area contributed by atoms with Crippen LogP contribution in [0.25, 0.3) is 0 Å². The molecule has 1 fully saturated rings. The van der Waals surface area contributed by atoms with Crippen molar-refractivity contribution in [1.82, 2.24) is 5.32 Å². The van der Waals surface area contributed by atoms with Crippen molar-refractivity contribution in [2.24, 2.45) is 11.8 Å². The van der Waals surface area contributed by atoms with E-state index in [1.807, 2.05) is 0 Å². The van der Waals surface area contributed by atoms with E-state index in [2.05, 4.69) is 19.2 Å². The van der Waals surface area contributed by atoms with Gasteiger partial charge in [0.05, 0.1) is 6.54 Å². The molecule has 0 amide bonds. The van der Waals surface area contributed by atoms with Crippen molar-refractivity contribution in [3.05, 3.63) is 0 Å². The molecule has 0 aromatic heterocycles. The molecular weight excluding hydrogens is 126 g/mol. The first-order valence-electron chi connectivity index (χ1n) is 3.95. The average molecular weight is 141 g/mol. The summed E-state index contributed by atoms with van der Waals surface area (Å²) in [5, 5.41) is 3.07. The Hall–Kier alpha value is -0.370. The Morgan fingerprint density at radius 3 is 2.70 bits per heavy atom. The first-order chi connectivity index (χ1) is 4.72. The van der Waals surface area contributed by atoms with Crippen LogP contribution in [0.15, 0.2) is 0 Å². The van der Waals surface area contributed by atoms with Crippen LogP contribution in [-0.4, -0.2) is 18.9 Å². The molecule has 0 radical (unpaired) electrons. The largest absolute Gasteiger partial charge is 0.310 e. The van der Waals surface area contributed by atoms with Crippen LogP contribution in [0.1, 0.15) is 20.3 Å². The molecule has 1 atom stereocenters. The minimum absolute atomic E-state index is 0.321. The van der Waals surface area contributed by atoms with Gasteiger partial charge in [-0.3, -0.25) is 4.79 Å². The van der Waals surface area contributed by atoms with Crippen molar-refractivity contribution < 1.29 is 4.79 Å². The lowest BCUT2D eigenvalue weighted by atomic mass is 9.86. The third-order valence-electron chi connectivity index (χ3n) is 2.15. The predicted molar refractivity (Wildman–Crippen MR) is 40.8 cm³/mol. The Morgan fingerprint density at radius 2 is 2.30 bits per heavy atom. The molecule has 1 aliphatic heterocycles. The summed E-state index contributed by atoms with van der Waals surface area (Å²) >= 11 is 0. The first-order valence-corrected chi connectivity index (χ1v) is 3.95. The molecule has 0 aromatic carbocycles. The maximum Gasteiger partial charge on any atom is 0.149 e. The molecule has 1 unspecified atom stereocenters. The summed E-state index contributed by atoms with van der Waals surface area (Å²) in [4.78, 5) is 11.2. The van der Waals surface area contributed by atoms with Crippen LogP contribution in [0.2, 0.25) is 0 Å². The van der Waals surface area contributed by atoms with Gasteiger partial charge >= 0.3 is 0 Å². The standard InChI is InChI=1S/C8H15NO/c1-6(2)7-3-4-9-5-8(7)10/h6-7,9H,3-5H2,1-2H3. The Kier molecular flexibility index (Phi) is 2.44. The summed E-state index contributed by atoms with van der Waals surface area (Å²) in [5.41, 5.74) is 0. The van der Waals surface area contributed by atoms with Gasteiger partial charge in [0.1, 0.15) is 5.78 Å². The van der Waals surface area contributed by atoms with E-state index >= 15 is 0 Å². The van der Waals surface area contributed by atoms with Gasteiger partial charge in [0, 0.05) is 5.92 Å². The molecule has 10 heavy (non-hydrogen) atoms. The topological polar surface area (TPSA) is 29.1 Å². The highest BCUT2D eigenvalue weighted by atomic mass is 16.1. The van der Waals surface area contributed by atoms with Gasteiger partial charge in [0.2, 0.25) is 0 Å². The lowest BCUT2D eigenvalue weighted by Crippen LogP contribution is -2.38. The molecule has 1 aliphatic rings. The van der Waals surface area contributed by atoms with E-state index in [0.717, 1.165) is 13.0 Å². The van der Waals surface area contributed by atoms with Crippen LogP contribution < -0.4 is 5.32 Å². The van der Waals surface area contributed by atoms with Crippen LogP contribution in [0, 0.1) is 11.8 Å². The normalized spacial score (nSPS) is 27.5. The van der Waals surface area contributed by atoms with Crippen molar-refractivity contribution in [3.63, 3.8) is 0 Å². The molecule has 58 valence electrons. The molecule has 1 N–H and O–H groups in total. The van der Waals surface area contributed by atoms with Crippen LogP contribution in [-0.2, 0) is 4.79 Å². The van der Waals surface area contributed by atoms with Crippen LogP contribution in [0.5, 0.6) is 0 Å². The van der Waals surface area contributed by atoms with Crippen molar-refractivity contribution in [2.45, 2.75) is 20.3 Å². The van der Waals surface area contributed by atoms with E-state index in [1.54, 1.807) is 0 Å². The summed E-state index contributed by atoms with van der Waals surface area (Å²) in [6.07, 6.45) is 1.02. The van der Waals surface area contributed by atoms with Crippen molar-refractivity contribution in [3.8, 4) is 0 Å². The fraction of sp³-hybridized carbons (Fsp3) is 0.875. The molecule has 2 nitrogen and oxygen atoms in total. The fourth-order valence-electron chi connectivity index (χ4n) is 1.47. The Balaban J connectivity index is 2.48. The number of hydrogen-bond acceptors (Lipinski definition) is 2. The number of nitrogens with one attached hydrogen (secondary N) is 1. The second-order valence-corrected chi connectivity index (χ2v) is 3.28. The predicted octanol–water partition coefficient (Wildman–Crippen LogP) is 0.821. The van der Waals surface area contributed by atoms with Crippen LogP contribution in [0.3, 0.4) is 0 Å². The number of carbonyl (C=O) groups excluding carboxylic acids is 1. The number of Topliss-reactive ketones (excluding diaryl/α,β-unsaturated/α-hetero) is 1. The molecule has 2 heteroatoms. The van der Waals surface area contributed by atoms with E-state index in [4.69, 9.17) is 0 Å². The molecule has 1 saturated heterocycles. The fourth-order valence-corrected chi connectivity index (χ4v) is 1.47. The van der Waals surface area contributed by atoms with E-state index in [9.17, 15) is 4.79 Å². The zero-order valence-electron chi connectivity index (χ0n) is 6.68. The maximum atomic E-state index is 11.2. The molecule has 0 aliphatic carbocycles. The number of carbonyl (C=O) groups is 1. The van der Waals surface area contributed by atoms with E-state index in [1.165, 1.54) is 0 Å². The van der Waals surface area contributed by atoms with Crippen molar-refractivity contribution in [2.75, 3.05) is 13.1 Å².